The Morgan fingerprint density at radius 2 is 0.930 bits per heavy atom. The van der Waals surface area contributed by atoms with Gasteiger partial charge < -0.3 is 0 Å². The van der Waals surface area contributed by atoms with E-state index in [0.717, 1.165) is 107 Å². The molecule has 294 valence electrons. The van der Waals surface area contributed by atoms with Crippen LogP contribution in [0.1, 0.15) is 87.0 Å². The molecule has 6 aromatic rings. The van der Waals surface area contributed by atoms with Gasteiger partial charge in [-0.1, -0.05) is 145 Å². The van der Waals surface area contributed by atoms with Gasteiger partial charge in [-0.2, -0.15) is 0 Å². The maximum Gasteiger partial charge on any atom is 0.132 e. The number of nitrogens with zero attached hydrogens (tertiary/aromatic N) is 4. The van der Waals surface area contributed by atoms with E-state index in [0.29, 0.717) is 5.15 Å². The first-order chi connectivity index (χ1) is 28.0. The largest absolute Gasteiger partial charge is 0.295 e. The van der Waals surface area contributed by atoms with Crippen molar-refractivity contribution in [3.63, 3.8) is 0 Å². The average molecular weight is 816 g/mol. The van der Waals surface area contributed by atoms with Crippen LogP contribution in [-0.2, 0) is 58.3 Å². The van der Waals surface area contributed by atoms with Crippen molar-refractivity contribution in [2.45, 2.75) is 89.3 Å². The van der Waals surface area contributed by atoms with Crippen LogP contribution in [0.2, 0.25) is 10.3 Å². The standard InChI is InChI=1S/C25H26Cl2N2.C25H27ClN2/c26-23(24-16-21-12-7-13-22(21)25(27)28-24)14-15-29(17-19-8-3-1-4-9-19)18-20-10-5-2-6-11-20;26-25-24-15-7-13-22(24)17-23(27-25)14-8-16-28(18-20-9-3-1-4-10-20)19-21-11-5-2-6-12-21/h1-6,8-11,16,23H,7,12-15,17-18H2;1-6,9-12,17H,7-8,13-16,18-19H2. The Balaban J connectivity index is 0.000000174. The molecule has 0 fully saturated rings. The van der Waals surface area contributed by atoms with Crippen LogP contribution in [0.3, 0.4) is 0 Å². The van der Waals surface area contributed by atoms with Crippen LogP contribution in [-0.4, -0.2) is 32.9 Å². The highest BCUT2D eigenvalue weighted by molar-refractivity contribution is 6.30. The lowest BCUT2D eigenvalue weighted by Crippen LogP contribution is -2.25. The molecule has 0 spiro atoms. The Kier molecular flexibility index (Phi) is 15.2. The Bertz CT molecular complexity index is 2050. The number of rotatable bonds is 16. The quantitative estimate of drug-likeness (QED) is 0.0719. The van der Waals surface area contributed by atoms with Gasteiger partial charge >= 0.3 is 0 Å². The van der Waals surface area contributed by atoms with E-state index in [1.54, 1.807) is 0 Å². The molecule has 1 unspecified atom stereocenters. The van der Waals surface area contributed by atoms with Crippen LogP contribution < -0.4 is 0 Å². The van der Waals surface area contributed by atoms with Crippen molar-refractivity contribution in [2.75, 3.05) is 13.1 Å². The summed E-state index contributed by atoms with van der Waals surface area (Å²) in [5.74, 6) is 0. The SMILES string of the molecule is Clc1nc(C(Cl)CCN(Cc2ccccc2)Cc2ccccc2)cc2c1CCC2.Clc1nc(CCCN(Cc2ccccc2)Cc2ccccc2)cc2c1CCC2. The van der Waals surface area contributed by atoms with Crippen molar-refractivity contribution >= 4 is 34.8 Å². The van der Waals surface area contributed by atoms with Gasteiger partial charge in [0.15, 0.2) is 0 Å². The van der Waals surface area contributed by atoms with E-state index < -0.39 is 0 Å². The molecule has 4 aromatic carbocycles. The van der Waals surface area contributed by atoms with E-state index in [-0.39, 0.29) is 5.38 Å². The molecule has 4 nitrogen and oxygen atoms in total. The molecule has 7 heteroatoms. The van der Waals surface area contributed by atoms with Gasteiger partial charge in [0.05, 0.1) is 11.1 Å². The van der Waals surface area contributed by atoms with E-state index >= 15 is 0 Å². The smallest absolute Gasteiger partial charge is 0.132 e. The topological polar surface area (TPSA) is 32.3 Å². The summed E-state index contributed by atoms with van der Waals surface area (Å²) in [5, 5.41) is 1.24. The molecule has 0 radical (unpaired) electrons. The molecule has 2 heterocycles. The van der Waals surface area contributed by atoms with Crippen LogP contribution in [0, 0.1) is 0 Å². The average Bonchev–Trinajstić information content (AvgIpc) is 3.93. The molecule has 2 aliphatic rings. The zero-order valence-electron chi connectivity index (χ0n) is 32.8. The molecule has 0 amide bonds. The molecule has 57 heavy (non-hydrogen) atoms. The van der Waals surface area contributed by atoms with Crippen LogP contribution in [0.15, 0.2) is 133 Å². The minimum atomic E-state index is -0.132. The third-order valence-electron chi connectivity index (χ3n) is 11.1. The van der Waals surface area contributed by atoms with Crippen molar-refractivity contribution < 1.29 is 0 Å². The normalized spacial score (nSPS) is 13.6. The highest BCUT2D eigenvalue weighted by atomic mass is 35.5. The zero-order chi connectivity index (χ0) is 39.2. The van der Waals surface area contributed by atoms with E-state index in [1.165, 1.54) is 50.9 Å². The number of fused-ring (bicyclic) bond motifs is 2. The van der Waals surface area contributed by atoms with Gasteiger partial charge in [-0.05, 0) is 121 Å². The van der Waals surface area contributed by atoms with Crippen LogP contribution >= 0.6 is 34.8 Å². The molecule has 0 bridgehead atoms. The summed E-state index contributed by atoms with van der Waals surface area (Å²) in [6, 6.07) is 47.1. The molecule has 0 saturated carbocycles. The summed E-state index contributed by atoms with van der Waals surface area (Å²) in [6.45, 7) is 5.67. The van der Waals surface area contributed by atoms with Gasteiger partial charge in [0.25, 0.3) is 0 Å². The fraction of sp³-hybridized carbons (Fsp3) is 0.320. The first-order valence-electron chi connectivity index (χ1n) is 20.6. The van der Waals surface area contributed by atoms with E-state index in [1.807, 2.05) is 0 Å². The molecule has 8 rings (SSSR count). The maximum absolute atomic E-state index is 6.78. The van der Waals surface area contributed by atoms with Crippen molar-refractivity contribution in [2.24, 2.45) is 0 Å². The Morgan fingerprint density at radius 3 is 1.40 bits per heavy atom. The number of halogens is 3. The maximum atomic E-state index is 6.78. The molecular weight excluding hydrogens is 763 g/mol. The highest BCUT2D eigenvalue weighted by Crippen LogP contribution is 2.33. The number of aromatic nitrogens is 2. The van der Waals surface area contributed by atoms with Gasteiger partial charge in [0, 0.05) is 38.4 Å². The summed E-state index contributed by atoms with van der Waals surface area (Å²) in [7, 11) is 0. The minimum absolute atomic E-state index is 0.132. The fourth-order valence-corrected chi connectivity index (χ4v) is 9.00. The van der Waals surface area contributed by atoms with E-state index in [4.69, 9.17) is 34.8 Å². The number of hydrogen-bond donors (Lipinski definition) is 0. The minimum Gasteiger partial charge on any atom is -0.295 e. The number of hydrogen-bond acceptors (Lipinski definition) is 4. The predicted molar refractivity (Wildman–Crippen MR) is 238 cm³/mol. The second-order valence-electron chi connectivity index (χ2n) is 15.4. The second-order valence-corrected chi connectivity index (χ2v) is 16.7. The Labute approximate surface area is 354 Å². The van der Waals surface area contributed by atoms with Gasteiger partial charge in [0.2, 0.25) is 0 Å². The molecule has 0 saturated heterocycles. The first-order valence-corrected chi connectivity index (χ1v) is 21.8. The summed E-state index contributed by atoms with van der Waals surface area (Å²) in [5.41, 5.74) is 12.6. The van der Waals surface area contributed by atoms with Gasteiger partial charge in [0.1, 0.15) is 10.3 Å². The lowest BCUT2D eigenvalue weighted by atomic mass is 10.1. The van der Waals surface area contributed by atoms with Crippen LogP contribution in [0.4, 0.5) is 0 Å². The molecule has 0 N–H and O–H groups in total. The molecule has 2 aromatic heterocycles. The number of benzene rings is 4. The number of aryl methyl sites for hydroxylation is 3. The lowest BCUT2D eigenvalue weighted by Gasteiger charge is -2.24. The highest BCUT2D eigenvalue weighted by Gasteiger charge is 2.21. The number of pyridine rings is 2. The van der Waals surface area contributed by atoms with Crippen LogP contribution in [0.5, 0.6) is 0 Å². The molecule has 2 aliphatic carbocycles. The Morgan fingerprint density at radius 1 is 0.509 bits per heavy atom. The molecule has 1 atom stereocenters. The van der Waals surface area contributed by atoms with Crippen molar-refractivity contribution in [3.8, 4) is 0 Å². The monoisotopic (exact) mass is 814 g/mol. The Hall–Kier alpha value is -4.03. The van der Waals surface area contributed by atoms with Gasteiger partial charge in [-0.3, -0.25) is 9.80 Å². The molecular formula is C50H53Cl3N4. The summed E-state index contributed by atoms with van der Waals surface area (Å²) in [4.78, 5) is 14.2. The van der Waals surface area contributed by atoms with Crippen molar-refractivity contribution in [3.05, 3.63) is 200 Å². The summed E-state index contributed by atoms with van der Waals surface area (Å²) in [6.07, 6.45) is 9.64. The number of alkyl halides is 1. The van der Waals surface area contributed by atoms with Crippen molar-refractivity contribution in [1.82, 2.24) is 19.8 Å². The summed E-state index contributed by atoms with van der Waals surface area (Å²) < 4.78 is 0. The molecule has 0 aliphatic heterocycles. The predicted octanol–water partition coefficient (Wildman–Crippen LogP) is 12.5. The second kappa shape index (κ2) is 21.1. The first kappa shape index (κ1) is 41.1. The van der Waals surface area contributed by atoms with Gasteiger partial charge in [-0.25, -0.2) is 9.97 Å². The van der Waals surface area contributed by atoms with E-state index in [2.05, 4.69) is 153 Å². The van der Waals surface area contributed by atoms with Crippen LogP contribution in [0.25, 0.3) is 0 Å². The fourth-order valence-electron chi connectivity index (χ4n) is 8.15. The summed E-state index contributed by atoms with van der Waals surface area (Å²) >= 11 is 19.6. The zero-order valence-corrected chi connectivity index (χ0v) is 35.1. The van der Waals surface area contributed by atoms with Crippen molar-refractivity contribution in [1.29, 1.82) is 0 Å². The third-order valence-corrected chi connectivity index (χ3v) is 12.1. The third kappa shape index (κ3) is 12.2. The van der Waals surface area contributed by atoms with Gasteiger partial charge in [-0.15, -0.1) is 11.6 Å². The van der Waals surface area contributed by atoms with E-state index in [9.17, 15) is 0 Å². The lowest BCUT2D eigenvalue weighted by molar-refractivity contribution is 0.252.